The van der Waals surface area contributed by atoms with Crippen LogP contribution in [-0.2, 0) is 0 Å². The molecule has 1 N–H and O–H groups in total. The molecule has 3 nitrogen and oxygen atoms in total. The molecular weight excluding hydrogens is 243 g/mol. The third-order valence-corrected chi connectivity index (χ3v) is 3.88. The number of hydrogen-bond donors (Lipinski definition) is 1. The lowest BCUT2D eigenvalue weighted by molar-refractivity contribution is 0.0951. The van der Waals surface area contributed by atoms with Crippen LogP contribution >= 0.6 is 0 Å². The maximum Gasteiger partial charge on any atom is 0.274 e. The number of carbonyl (C=O) groups excluding carboxylic acids is 1. The van der Waals surface area contributed by atoms with Crippen LogP contribution in [0.25, 0.3) is 0 Å². The molecule has 2 aliphatic rings. The van der Waals surface area contributed by atoms with E-state index in [-0.39, 0.29) is 5.56 Å². The van der Waals surface area contributed by atoms with E-state index in [1.807, 2.05) is 0 Å². The highest BCUT2D eigenvalue weighted by molar-refractivity contribution is 5.94. The van der Waals surface area contributed by atoms with Crippen molar-refractivity contribution in [3.8, 4) is 0 Å². The van der Waals surface area contributed by atoms with Gasteiger partial charge in [0.05, 0.1) is 5.56 Å². The molecule has 0 aromatic heterocycles. The number of amides is 1. The van der Waals surface area contributed by atoms with Gasteiger partial charge in [-0.2, -0.15) is 5.10 Å². The average Bonchev–Trinajstić information content (AvgIpc) is 3.01. The lowest BCUT2D eigenvalue weighted by Crippen LogP contribution is -2.20. The van der Waals surface area contributed by atoms with Crippen LogP contribution in [0.4, 0.5) is 4.39 Å². The van der Waals surface area contributed by atoms with Crippen LogP contribution in [0, 0.1) is 23.6 Å². The van der Waals surface area contributed by atoms with Crippen LogP contribution in [0.5, 0.6) is 0 Å². The molecule has 0 aliphatic heterocycles. The number of carbonyl (C=O) groups is 1. The summed E-state index contributed by atoms with van der Waals surface area (Å²) >= 11 is 0. The summed E-state index contributed by atoms with van der Waals surface area (Å²) in [5.41, 5.74) is 2.41. The van der Waals surface area contributed by atoms with E-state index in [2.05, 4.69) is 22.7 Å². The van der Waals surface area contributed by atoms with Gasteiger partial charge >= 0.3 is 0 Å². The molecule has 1 saturated carbocycles. The fourth-order valence-corrected chi connectivity index (χ4v) is 2.89. The summed E-state index contributed by atoms with van der Waals surface area (Å²) in [6.45, 7) is 0. The van der Waals surface area contributed by atoms with Gasteiger partial charge in [0.2, 0.25) is 0 Å². The maximum atomic E-state index is 13.4. The monoisotopic (exact) mass is 258 g/mol. The highest BCUT2D eigenvalue weighted by atomic mass is 19.1. The van der Waals surface area contributed by atoms with Gasteiger partial charge in [-0.05, 0) is 36.8 Å². The normalized spacial score (nSPS) is 28.2. The van der Waals surface area contributed by atoms with E-state index < -0.39 is 11.7 Å². The first kappa shape index (κ1) is 12.1. The molecule has 0 heterocycles. The van der Waals surface area contributed by atoms with Crippen molar-refractivity contribution in [3.63, 3.8) is 0 Å². The van der Waals surface area contributed by atoms with Crippen LogP contribution in [0.1, 0.15) is 23.2 Å². The summed E-state index contributed by atoms with van der Waals surface area (Å²) in [5, 5.41) is 3.96. The van der Waals surface area contributed by atoms with Gasteiger partial charge in [-0.1, -0.05) is 24.3 Å². The lowest BCUT2D eigenvalue weighted by Gasteiger charge is -2.11. The number of nitrogens with one attached hydrogen (secondary N) is 1. The number of benzene rings is 1. The second-order valence-electron chi connectivity index (χ2n) is 5.14. The molecule has 1 amide bonds. The van der Waals surface area contributed by atoms with Gasteiger partial charge in [0.25, 0.3) is 5.91 Å². The van der Waals surface area contributed by atoms with Crippen LogP contribution in [0.2, 0.25) is 0 Å². The molecule has 3 atom stereocenters. The van der Waals surface area contributed by atoms with Crippen molar-refractivity contribution in [2.75, 3.05) is 0 Å². The largest absolute Gasteiger partial charge is 0.274 e. The van der Waals surface area contributed by atoms with Gasteiger partial charge in [-0.15, -0.1) is 0 Å². The van der Waals surface area contributed by atoms with Crippen molar-refractivity contribution in [2.45, 2.75) is 12.8 Å². The van der Waals surface area contributed by atoms with E-state index in [4.69, 9.17) is 0 Å². The van der Waals surface area contributed by atoms with E-state index in [0.29, 0.717) is 17.8 Å². The van der Waals surface area contributed by atoms with Crippen molar-refractivity contribution >= 4 is 12.1 Å². The van der Waals surface area contributed by atoms with E-state index in [1.54, 1.807) is 18.3 Å². The van der Waals surface area contributed by atoms with E-state index in [1.165, 1.54) is 18.6 Å². The van der Waals surface area contributed by atoms with E-state index in [9.17, 15) is 9.18 Å². The minimum atomic E-state index is -0.530. The SMILES string of the molecule is O=C(N/N=C\[C@H]1C[C@H]2C=C[C@@H]1C2)c1ccccc1F. The second kappa shape index (κ2) is 4.96. The Balaban J connectivity index is 1.59. The third-order valence-electron chi connectivity index (χ3n) is 3.88. The summed E-state index contributed by atoms with van der Waals surface area (Å²) in [6.07, 6.45) is 8.56. The Hall–Kier alpha value is -1.97. The van der Waals surface area contributed by atoms with Crippen molar-refractivity contribution < 1.29 is 9.18 Å². The fraction of sp³-hybridized carbons (Fsp3) is 0.333. The zero-order chi connectivity index (χ0) is 13.2. The zero-order valence-corrected chi connectivity index (χ0v) is 10.4. The minimum Gasteiger partial charge on any atom is -0.267 e. The first-order valence-electron chi connectivity index (χ1n) is 6.50. The molecule has 0 radical (unpaired) electrons. The number of hydrogen-bond acceptors (Lipinski definition) is 2. The summed E-state index contributed by atoms with van der Waals surface area (Å²) in [6, 6.07) is 5.89. The van der Waals surface area contributed by atoms with Crippen LogP contribution in [0.3, 0.4) is 0 Å². The third kappa shape index (κ3) is 2.43. The molecule has 2 aliphatic carbocycles. The molecule has 0 unspecified atom stereocenters. The van der Waals surface area contributed by atoms with Gasteiger partial charge in [-0.25, -0.2) is 9.82 Å². The minimum absolute atomic E-state index is 0.0208. The Morgan fingerprint density at radius 2 is 2.16 bits per heavy atom. The molecule has 1 fully saturated rings. The van der Waals surface area contributed by atoms with Crippen LogP contribution in [0.15, 0.2) is 41.5 Å². The average molecular weight is 258 g/mol. The van der Waals surface area contributed by atoms with Crippen molar-refractivity contribution in [2.24, 2.45) is 22.9 Å². The molecule has 1 aromatic carbocycles. The summed E-state index contributed by atoms with van der Waals surface area (Å²) in [7, 11) is 0. The topological polar surface area (TPSA) is 41.5 Å². The van der Waals surface area contributed by atoms with Gasteiger partial charge < -0.3 is 0 Å². The molecule has 0 saturated heterocycles. The molecule has 2 bridgehead atoms. The first-order chi connectivity index (χ1) is 9.24. The molecule has 4 heteroatoms. The quantitative estimate of drug-likeness (QED) is 0.505. The number of allylic oxidation sites excluding steroid dienone is 2. The highest BCUT2D eigenvalue weighted by Gasteiger charge is 2.34. The van der Waals surface area contributed by atoms with Crippen molar-refractivity contribution in [3.05, 3.63) is 47.8 Å². The van der Waals surface area contributed by atoms with Crippen molar-refractivity contribution in [1.29, 1.82) is 0 Å². The Bertz CT molecular complexity index is 553. The molecule has 0 spiro atoms. The van der Waals surface area contributed by atoms with E-state index >= 15 is 0 Å². The Labute approximate surface area is 111 Å². The maximum absolute atomic E-state index is 13.4. The molecule has 98 valence electrons. The number of halogens is 1. The number of nitrogens with zero attached hydrogens (tertiary/aromatic N) is 1. The first-order valence-corrected chi connectivity index (χ1v) is 6.50. The number of hydrazone groups is 1. The summed E-state index contributed by atoms with van der Waals surface area (Å²) in [5.74, 6) is 0.588. The van der Waals surface area contributed by atoms with Gasteiger partial charge in [0.15, 0.2) is 0 Å². The van der Waals surface area contributed by atoms with Crippen molar-refractivity contribution in [1.82, 2.24) is 5.43 Å². The number of rotatable bonds is 3. The molecule has 3 rings (SSSR count). The van der Waals surface area contributed by atoms with Crippen LogP contribution in [-0.4, -0.2) is 12.1 Å². The molecule has 1 aromatic rings. The second-order valence-corrected chi connectivity index (χ2v) is 5.14. The Morgan fingerprint density at radius 3 is 2.84 bits per heavy atom. The standard InChI is InChI=1S/C15H15FN2O/c16-14-4-2-1-3-13(14)15(19)18-17-9-12-8-10-5-6-11(12)7-10/h1-6,9-12H,7-8H2,(H,18,19)/b17-9-/t10-,11+,12+/m0/s1. The Kier molecular flexibility index (Phi) is 3.15. The van der Waals surface area contributed by atoms with E-state index in [0.717, 1.165) is 6.42 Å². The van der Waals surface area contributed by atoms with Gasteiger partial charge in [0.1, 0.15) is 5.82 Å². The fourth-order valence-electron chi connectivity index (χ4n) is 2.89. The predicted octanol–water partition coefficient (Wildman–Crippen LogP) is 2.75. The Morgan fingerprint density at radius 1 is 1.32 bits per heavy atom. The smallest absolute Gasteiger partial charge is 0.267 e. The highest BCUT2D eigenvalue weighted by Crippen LogP contribution is 2.42. The summed E-state index contributed by atoms with van der Waals surface area (Å²) in [4.78, 5) is 11.7. The van der Waals surface area contributed by atoms with Gasteiger partial charge in [-0.3, -0.25) is 4.79 Å². The predicted molar refractivity (Wildman–Crippen MR) is 71.2 cm³/mol. The molecule has 19 heavy (non-hydrogen) atoms. The lowest BCUT2D eigenvalue weighted by atomic mass is 9.95. The van der Waals surface area contributed by atoms with Crippen LogP contribution < -0.4 is 5.43 Å². The number of fused-ring (bicyclic) bond motifs is 2. The summed E-state index contributed by atoms with van der Waals surface area (Å²) < 4.78 is 13.4. The zero-order valence-electron chi connectivity index (χ0n) is 10.4. The van der Waals surface area contributed by atoms with Gasteiger partial charge in [0, 0.05) is 12.1 Å². The molecular formula is C15H15FN2O.